The maximum absolute atomic E-state index is 4.54. The van der Waals surface area contributed by atoms with Gasteiger partial charge in [0.1, 0.15) is 12.1 Å². The number of hydrogen-bond donors (Lipinski definition) is 0. The number of anilines is 1. The van der Waals surface area contributed by atoms with E-state index in [0.29, 0.717) is 5.78 Å². The van der Waals surface area contributed by atoms with Gasteiger partial charge in [0.2, 0.25) is 0 Å². The van der Waals surface area contributed by atoms with Gasteiger partial charge in [-0.05, 0) is 19.4 Å². The van der Waals surface area contributed by atoms with Crippen LogP contribution in [0.3, 0.4) is 0 Å². The summed E-state index contributed by atoms with van der Waals surface area (Å²) in [6.45, 7) is 4.10. The molecule has 20 heavy (non-hydrogen) atoms. The lowest BCUT2D eigenvalue weighted by atomic mass is 10.0. The first-order valence-corrected chi connectivity index (χ1v) is 6.52. The highest BCUT2D eigenvalue weighted by Gasteiger charge is 2.17. The predicted octanol–water partition coefficient (Wildman–Crippen LogP) is 2.47. The summed E-state index contributed by atoms with van der Waals surface area (Å²) in [7, 11) is 4.02. The lowest BCUT2D eigenvalue weighted by Gasteiger charge is -2.19. The SMILES string of the molecule is Cc1ccc(-c2c(C)nc3ncnn3c2N(C)C)cc1. The van der Waals surface area contributed by atoms with Gasteiger partial charge in [-0.2, -0.15) is 14.6 Å². The molecule has 2 heterocycles. The Balaban J connectivity index is 2.35. The molecule has 0 unspecified atom stereocenters. The van der Waals surface area contributed by atoms with Crippen molar-refractivity contribution in [1.29, 1.82) is 0 Å². The van der Waals surface area contributed by atoms with E-state index in [0.717, 1.165) is 22.6 Å². The van der Waals surface area contributed by atoms with Crippen LogP contribution in [0.4, 0.5) is 5.82 Å². The van der Waals surface area contributed by atoms with Gasteiger partial charge in [0, 0.05) is 19.7 Å². The van der Waals surface area contributed by atoms with Gasteiger partial charge in [0.05, 0.1) is 5.69 Å². The predicted molar refractivity (Wildman–Crippen MR) is 80.0 cm³/mol. The van der Waals surface area contributed by atoms with Gasteiger partial charge in [0.25, 0.3) is 5.78 Å². The molecule has 0 aliphatic rings. The molecule has 5 nitrogen and oxygen atoms in total. The Hall–Kier alpha value is -2.43. The Morgan fingerprint density at radius 1 is 1.05 bits per heavy atom. The van der Waals surface area contributed by atoms with Crippen molar-refractivity contribution >= 4 is 11.6 Å². The van der Waals surface area contributed by atoms with Crippen LogP contribution in [0, 0.1) is 13.8 Å². The average Bonchev–Trinajstić information content (AvgIpc) is 2.85. The molecule has 0 fully saturated rings. The van der Waals surface area contributed by atoms with Crippen LogP contribution in [0.25, 0.3) is 16.9 Å². The van der Waals surface area contributed by atoms with Gasteiger partial charge in [-0.25, -0.2) is 4.98 Å². The van der Waals surface area contributed by atoms with Gasteiger partial charge in [-0.1, -0.05) is 29.8 Å². The summed E-state index contributed by atoms with van der Waals surface area (Å²) >= 11 is 0. The third kappa shape index (κ3) is 1.91. The topological polar surface area (TPSA) is 46.3 Å². The highest BCUT2D eigenvalue weighted by atomic mass is 15.4. The molecule has 0 atom stereocenters. The molecule has 3 aromatic rings. The summed E-state index contributed by atoms with van der Waals surface area (Å²) < 4.78 is 1.78. The molecule has 3 rings (SSSR count). The summed E-state index contributed by atoms with van der Waals surface area (Å²) in [5.74, 6) is 1.62. The van der Waals surface area contributed by atoms with Crippen LogP contribution in [0.15, 0.2) is 30.6 Å². The first-order valence-electron chi connectivity index (χ1n) is 6.52. The average molecular weight is 267 g/mol. The number of hydrogen-bond acceptors (Lipinski definition) is 4. The van der Waals surface area contributed by atoms with Crippen molar-refractivity contribution in [2.45, 2.75) is 13.8 Å². The largest absolute Gasteiger partial charge is 0.362 e. The van der Waals surface area contributed by atoms with E-state index in [4.69, 9.17) is 0 Å². The molecule has 0 N–H and O–H groups in total. The molecule has 0 bridgehead atoms. The van der Waals surface area contributed by atoms with E-state index < -0.39 is 0 Å². The van der Waals surface area contributed by atoms with Crippen molar-refractivity contribution in [2.24, 2.45) is 0 Å². The normalized spacial score (nSPS) is 11.0. The van der Waals surface area contributed by atoms with Gasteiger partial charge >= 0.3 is 0 Å². The van der Waals surface area contributed by atoms with E-state index in [9.17, 15) is 0 Å². The maximum Gasteiger partial charge on any atom is 0.254 e. The van der Waals surface area contributed by atoms with Crippen molar-refractivity contribution in [3.8, 4) is 11.1 Å². The van der Waals surface area contributed by atoms with E-state index in [1.807, 2.05) is 25.9 Å². The Morgan fingerprint density at radius 2 is 1.75 bits per heavy atom. The standard InChI is InChI=1S/C15H17N5/c1-10-5-7-12(8-6-10)13-11(2)18-15-16-9-17-20(15)14(13)19(3)4/h5-9H,1-4H3. The van der Waals surface area contributed by atoms with Gasteiger partial charge in [0.15, 0.2) is 0 Å². The summed E-state index contributed by atoms with van der Waals surface area (Å²) in [6.07, 6.45) is 1.54. The highest BCUT2D eigenvalue weighted by Crippen LogP contribution is 2.32. The lowest BCUT2D eigenvalue weighted by molar-refractivity contribution is 0.891. The van der Waals surface area contributed by atoms with Gasteiger partial charge < -0.3 is 4.90 Å². The first-order chi connectivity index (χ1) is 9.58. The number of aryl methyl sites for hydroxylation is 2. The summed E-state index contributed by atoms with van der Waals surface area (Å²) in [5, 5.41) is 4.29. The van der Waals surface area contributed by atoms with Crippen LogP contribution in [0.2, 0.25) is 0 Å². The third-order valence-electron chi connectivity index (χ3n) is 3.35. The van der Waals surface area contributed by atoms with Crippen molar-refractivity contribution in [2.75, 3.05) is 19.0 Å². The fourth-order valence-electron chi connectivity index (χ4n) is 2.41. The second-order valence-corrected chi connectivity index (χ2v) is 5.13. The van der Waals surface area contributed by atoms with Crippen molar-refractivity contribution < 1.29 is 0 Å². The van der Waals surface area contributed by atoms with Crippen LogP contribution >= 0.6 is 0 Å². The van der Waals surface area contributed by atoms with E-state index >= 15 is 0 Å². The molecular weight excluding hydrogens is 250 g/mol. The molecule has 0 spiro atoms. The molecule has 102 valence electrons. The quantitative estimate of drug-likeness (QED) is 0.715. The zero-order chi connectivity index (χ0) is 14.3. The molecule has 0 amide bonds. The Kier molecular flexibility index (Phi) is 2.89. The molecule has 5 heteroatoms. The smallest absolute Gasteiger partial charge is 0.254 e. The minimum atomic E-state index is 0.627. The minimum absolute atomic E-state index is 0.627. The molecule has 0 radical (unpaired) electrons. The summed E-state index contributed by atoms with van der Waals surface area (Å²) in [4.78, 5) is 10.8. The Morgan fingerprint density at radius 3 is 2.40 bits per heavy atom. The van der Waals surface area contributed by atoms with E-state index in [-0.39, 0.29) is 0 Å². The van der Waals surface area contributed by atoms with Crippen LogP contribution in [-0.2, 0) is 0 Å². The molecule has 0 aliphatic carbocycles. The second kappa shape index (κ2) is 4.59. The van der Waals surface area contributed by atoms with E-state index in [1.165, 1.54) is 11.9 Å². The first kappa shape index (κ1) is 12.6. The molecule has 2 aromatic heterocycles. The van der Waals surface area contributed by atoms with Crippen LogP contribution in [0.5, 0.6) is 0 Å². The van der Waals surface area contributed by atoms with Crippen LogP contribution < -0.4 is 4.90 Å². The van der Waals surface area contributed by atoms with Crippen molar-refractivity contribution in [1.82, 2.24) is 19.6 Å². The van der Waals surface area contributed by atoms with Crippen LogP contribution in [-0.4, -0.2) is 33.7 Å². The minimum Gasteiger partial charge on any atom is -0.362 e. The third-order valence-corrected chi connectivity index (χ3v) is 3.35. The number of nitrogens with zero attached hydrogens (tertiary/aromatic N) is 5. The lowest BCUT2D eigenvalue weighted by Crippen LogP contribution is -2.16. The monoisotopic (exact) mass is 267 g/mol. The summed E-state index contributed by atoms with van der Waals surface area (Å²) in [5.41, 5.74) is 4.43. The summed E-state index contributed by atoms with van der Waals surface area (Å²) in [6, 6.07) is 8.46. The zero-order valence-corrected chi connectivity index (χ0v) is 12.1. The highest BCUT2D eigenvalue weighted by molar-refractivity contribution is 5.79. The second-order valence-electron chi connectivity index (χ2n) is 5.13. The van der Waals surface area contributed by atoms with E-state index in [1.54, 1.807) is 4.52 Å². The van der Waals surface area contributed by atoms with Crippen molar-refractivity contribution in [3.05, 3.63) is 41.9 Å². The van der Waals surface area contributed by atoms with Crippen LogP contribution in [0.1, 0.15) is 11.3 Å². The molecule has 1 aromatic carbocycles. The zero-order valence-electron chi connectivity index (χ0n) is 12.1. The number of fused-ring (bicyclic) bond motifs is 1. The Bertz CT molecular complexity index is 756. The maximum atomic E-state index is 4.54. The Labute approximate surface area is 117 Å². The van der Waals surface area contributed by atoms with Gasteiger partial charge in [-0.3, -0.25) is 0 Å². The number of aromatic nitrogens is 4. The number of rotatable bonds is 2. The van der Waals surface area contributed by atoms with Gasteiger partial charge in [-0.15, -0.1) is 0 Å². The molecular formula is C15H17N5. The molecule has 0 aliphatic heterocycles. The number of benzene rings is 1. The van der Waals surface area contributed by atoms with Crippen molar-refractivity contribution in [3.63, 3.8) is 0 Å². The molecule has 0 saturated heterocycles. The molecule has 0 saturated carbocycles. The fraction of sp³-hybridized carbons (Fsp3) is 0.267. The fourth-order valence-corrected chi connectivity index (χ4v) is 2.41. The van der Waals surface area contributed by atoms with E-state index in [2.05, 4.69) is 46.3 Å².